The second kappa shape index (κ2) is 44.9. The van der Waals surface area contributed by atoms with Crippen LogP contribution in [-0.4, -0.2) is 149 Å². The number of hydrogen-bond acceptors (Lipinski definition) is 21. The van der Waals surface area contributed by atoms with Crippen LogP contribution in [0.2, 0.25) is 0 Å². The highest BCUT2D eigenvalue weighted by atomic mass is 16.2. The maximum absolute atomic E-state index is 13.5. The van der Waals surface area contributed by atoms with Gasteiger partial charge in [-0.2, -0.15) is 20.4 Å². The third-order valence-corrected chi connectivity index (χ3v) is 28.4. The lowest BCUT2D eigenvalue weighted by Crippen LogP contribution is -2.40. The summed E-state index contributed by atoms with van der Waals surface area (Å²) in [5.74, 6) is 2.78. The number of fused-ring (bicyclic) bond motifs is 4. The summed E-state index contributed by atoms with van der Waals surface area (Å²) in [5, 5.41) is 38.4. The minimum absolute atomic E-state index is 0.0487. The fourth-order valence-corrected chi connectivity index (χ4v) is 20.6. The van der Waals surface area contributed by atoms with Gasteiger partial charge in [-0.25, -0.2) is 37.9 Å². The lowest BCUT2D eigenvalue weighted by atomic mass is 9.95. The first kappa shape index (κ1) is 103. The second-order valence-electron chi connectivity index (χ2n) is 41.9. The number of rotatable bonds is 26. The number of piperidine rings is 2. The normalized spacial score (nSPS) is 16.2. The lowest BCUT2D eigenvalue weighted by Gasteiger charge is -2.32. The molecule has 0 amide bonds. The first-order valence-corrected chi connectivity index (χ1v) is 51.6. The Labute approximate surface area is 859 Å². The standard InChI is InChI=1S/C29H29N7O2.2C29H36N6O2.C28H34N6O2/c1-33-17-15-23(19-33)36-27-25(28(37)34(2)29(36)38)26(31-22-8-4-3-5-9-22)35(32-27)18-20-11-13-21(14-12-20)24-10-6-7-16-30-24;1-29(2,3)19-34-26-24(27(36)33(4)28(34)37)25(31-22-10-6-5-7-11-22)35(32-26)18-20-13-15-21(16-14-20)23-12-8-9-17-30-23;1-20(2)18-34-27-25(28(36)33(4)29(34)37)26(30-23-10-6-5-7-11-23)35(31-27)19-21-13-15-22(16-14-21)24-12-8-9-17-32(24)3;1-19(2)17-33-26-24(27(35)32(4)28(33)36)25(29-22-9-6-5-7-10-22)34(30-26)18-20-12-14-21(15-13-20)23-11-8-16-31(23)3/h3-14,16,23,31H,15,17-19H2,1-2H3;5-7,10-11,13-16,23,30-31H,8-9,12,17-19H2,1-4H3;5-7,10-11,13-16,20,24,30H,8-9,12,17-19H2,1-4H3;5-7,9-10,12-15,19,23,29H,8,11,16-18H2,1-4H3. The number of pyridine rings is 1. The van der Waals surface area contributed by atoms with Crippen molar-refractivity contribution in [2.45, 2.75) is 176 Å². The van der Waals surface area contributed by atoms with Crippen LogP contribution < -0.4 is 71.6 Å². The summed E-state index contributed by atoms with van der Waals surface area (Å²) < 4.78 is 18.6. The summed E-state index contributed by atoms with van der Waals surface area (Å²) in [7, 11) is 12.6. The van der Waals surface area contributed by atoms with Crippen LogP contribution >= 0.6 is 0 Å². The Kier molecular flexibility index (Phi) is 31.1. The molecule has 0 bridgehead atoms. The van der Waals surface area contributed by atoms with Gasteiger partial charge in [-0.3, -0.25) is 70.5 Å². The van der Waals surface area contributed by atoms with Crippen LogP contribution in [0.1, 0.15) is 169 Å². The van der Waals surface area contributed by atoms with E-state index in [9.17, 15) is 38.4 Å². The monoisotopic (exact) mass is 1990 g/mol. The molecule has 33 heteroatoms. The predicted octanol–water partition coefficient (Wildman–Crippen LogP) is 16.8. The van der Waals surface area contributed by atoms with Crippen LogP contribution in [0.3, 0.4) is 0 Å². The molecule has 4 unspecified atom stereocenters. The Balaban J connectivity index is 0.000000129. The third-order valence-electron chi connectivity index (χ3n) is 28.4. The topological polar surface area (TPSA) is 330 Å². The lowest BCUT2D eigenvalue weighted by molar-refractivity contribution is 0.187. The fraction of sp³-hybridized carbons (Fsp3) is 0.365. The highest BCUT2D eigenvalue weighted by Crippen LogP contribution is 2.37. The Hall–Kier alpha value is -15.5. The zero-order chi connectivity index (χ0) is 104. The number of likely N-dealkylation sites (N-methyl/N-ethyl adjacent to an activating group) is 1. The fourth-order valence-electron chi connectivity index (χ4n) is 20.6. The molecule has 768 valence electrons. The van der Waals surface area contributed by atoms with Crippen LogP contribution in [0.5, 0.6) is 0 Å². The molecule has 4 aliphatic heterocycles. The van der Waals surface area contributed by atoms with E-state index in [-0.39, 0.29) is 68.3 Å². The van der Waals surface area contributed by atoms with Gasteiger partial charge < -0.3 is 31.5 Å². The van der Waals surface area contributed by atoms with Gasteiger partial charge in [-0.15, -0.1) is 0 Å². The van der Waals surface area contributed by atoms with Gasteiger partial charge in [-0.1, -0.05) is 237 Å². The SMILES string of the molecule is CC(C)Cn1c(=O)n(C)c(=O)c2c(Nc3ccccc3)n(Cc3ccc(C4CCCCN4C)cc3)nc21.CC(C)Cn1c(=O)n(C)c(=O)c2c(Nc3ccccc3)n(Cc3ccc(C4CCCN4C)cc3)nc21.CN1CCC(n2c(=O)n(C)c(=O)c3c(Nc4ccccc4)n(Cc4ccc(-c5ccccn5)cc4)nc32)C1.Cn1c(=O)c2c(Nc3ccccc3)n(Cc3ccc(C4CCCCN4)cc3)nc2n(CC(C)(C)C)c1=O. The van der Waals surface area contributed by atoms with Crippen LogP contribution in [0.25, 0.3) is 55.4 Å². The number of aromatic nitrogens is 17. The van der Waals surface area contributed by atoms with E-state index in [0.29, 0.717) is 131 Å². The summed E-state index contributed by atoms with van der Waals surface area (Å²) in [6.45, 7) is 22.6. The van der Waals surface area contributed by atoms with E-state index < -0.39 is 0 Å². The van der Waals surface area contributed by atoms with Crippen molar-refractivity contribution in [2.75, 3.05) is 75.1 Å². The molecule has 0 aliphatic carbocycles. The van der Waals surface area contributed by atoms with Crippen molar-refractivity contribution in [1.29, 1.82) is 0 Å². The molecule has 21 rings (SSSR count). The Bertz CT molecular complexity index is 8090. The molecule has 4 fully saturated rings. The van der Waals surface area contributed by atoms with Crippen LogP contribution in [0.15, 0.2) is 281 Å². The molecule has 13 heterocycles. The molecule has 33 nitrogen and oxygen atoms in total. The third kappa shape index (κ3) is 22.6. The molecular weight excluding hydrogens is 1860 g/mol. The highest BCUT2D eigenvalue weighted by molar-refractivity contribution is 5.92. The molecule has 0 spiro atoms. The summed E-state index contributed by atoms with van der Waals surface area (Å²) >= 11 is 0. The number of anilines is 8. The average Bonchev–Trinajstić information content (AvgIpc) is 1.59. The van der Waals surface area contributed by atoms with E-state index in [0.717, 1.165) is 102 Å². The van der Waals surface area contributed by atoms with E-state index in [1.807, 2.05) is 199 Å². The van der Waals surface area contributed by atoms with Gasteiger partial charge in [-0.05, 0) is 209 Å². The minimum Gasteiger partial charge on any atom is -0.340 e. The Morgan fingerprint density at radius 1 is 0.358 bits per heavy atom. The van der Waals surface area contributed by atoms with Gasteiger partial charge in [0.05, 0.1) is 37.9 Å². The van der Waals surface area contributed by atoms with Gasteiger partial charge in [0.15, 0.2) is 22.6 Å². The molecule has 5 N–H and O–H groups in total. The number of para-hydroxylation sites is 4. The molecule has 9 aromatic heterocycles. The zero-order valence-electron chi connectivity index (χ0n) is 87.1. The van der Waals surface area contributed by atoms with Crippen molar-refractivity contribution >= 4 is 90.2 Å². The molecule has 4 atom stereocenters. The highest BCUT2D eigenvalue weighted by Gasteiger charge is 2.33. The summed E-state index contributed by atoms with van der Waals surface area (Å²) in [5.41, 5.74) is 12.2. The predicted molar refractivity (Wildman–Crippen MR) is 590 cm³/mol. The molecular formula is C115H135N25O8. The maximum atomic E-state index is 13.5. The molecule has 148 heavy (non-hydrogen) atoms. The average molecular weight is 2000 g/mol. The quantitative estimate of drug-likeness (QED) is 0.0336. The van der Waals surface area contributed by atoms with Gasteiger partial charge in [0.2, 0.25) is 0 Å². The molecule has 0 radical (unpaired) electrons. The van der Waals surface area contributed by atoms with Crippen molar-refractivity contribution in [3.8, 4) is 11.3 Å². The van der Waals surface area contributed by atoms with Gasteiger partial charge in [0, 0.05) is 107 Å². The van der Waals surface area contributed by atoms with E-state index in [4.69, 9.17) is 20.4 Å². The molecule has 4 aliphatic rings. The summed E-state index contributed by atoms with van der Waals surface area (Å²) in [6, 6.07) is 80.2. The van der Waals surface area contributed by atoms with Crippen molar-refractivity contribution in [3.05, 3.63) is 365 Å². The number of benzene rings is 8. The summed E-state index contributed by atoms with van der Waals surface area (Å²) in [4.78, 5) is 118. The number of nitrogens with one attached hydrogen (secondary N) is 5. The zero-order valence-corrected chi connectivity index (χ0v) is 87.1. The van der Waals surface area contributed by atoms with Gasteiger partial charge >= 0.3 is 22.8 Å². The number of likely N-dealkylation sites (tertiary alicyclic amines) is 3. The summed E-state index contributed by atoms with van der Waals surface area (Å²) in [6.07, 6.45) is 12.4. The Morgan fingerprint density at radius 3 is 1.07 bits per heavy atom. The maximum Gasteiger partial charge on any atom is 0.332 e. The van der Waals surface area contributed by atoms with Gasteiger partial charge in [0.25, 0.3) is 22.2 Å². The molecule has 8 aromatic carbocycles. The molecule has 4 saturated heterocycles. The van der Waals surface area contributed by atoms with Crippen molar-refractivity contribution < 1.29 is 0 Å². The number of nitrogens with zero attached hydrogens (tertiary/aromatic N) is 20. The first-order valence-electron chi connectivity index (χ1n) is 51.6. The Morgan fingerprint density at radius 2 is 0.709 bits per heavy atom. The first-order chi connectivity index (χ1) is 71.4. The van der Waals surface area contributed by atoms with Crippen LogP contribution in [0.4, 0.5) is 46.0 Å². The van der Waals surface area contributed by atoms with Crippen molar-refractivity contribution in [3.63, 3.8) is 0 Å². The number of hydrogen-bond donors (Lipinski definition) is 5. The second-order valence-corrected chi connectivity index (χ2v) is 41.9. The van der Waals surface area contributed by atoms with E-state index in [1.54, 1.807) is 36.2 Å². The van der Waals surface area contributed by atoms with Gasteiger partial charge in [0.1, 0.15) is 44.8 Å². The van der Waals surface area contributed by atoms with Crippen molar-refractivity contribution in [2.24, 2.45) is 45.4 Å². The van der Waals surface area contributed by atoms with E-state index in [1.165, 1.54) is 101 Å². The smallest absolute Gasteiger partial charge is 0.332 e. The van der Waals surface area contributed by atoms with E-state index >= 15 is 0 Å². The van der Waals surface area contributed by atoms with E-state index in [2.05, 4.69) is 168 Å². The van der Waals surface area contributed by atoms with Crippen LogP contribution in [0, 0.1) is 17.3 Å². The van der Waals surface area contributed by atoms with Crippen molar-refractivity contribution in [1.82, 2.24) is 101 Å². The van der Waals surface area contributed by atoms with Crippen LogP contribution in [-0.2, 0) is 74.0 Å². The largest absolute Gasteiger partial charge is 0.340 e. The molecule has 0 saturated carbocycles. The minimum atomic E-state index is -0.359. The molecule has 17 aromatic rings.